The molecule has 2 aromatic rings. The van der Waals surface area contributed by atoms with E-state index in [4.69, 9.17) is 4.42 Å². The van der Waals surface area contributed by atoms with Crippen LogP contribution in [0.3, 0.4) is 0 Å². The minimum absolute atomic E-state index is 0.0310. The number of likely N-dealkylation sites (N-methyl/N-ethyl adjacent to an activating group) is 1. The average Bonchev–Trinajstić information content (AvgIpc) is 2.93. The summed E-state index contributed by atoms with van der Waals surface area (Å²) in [5, 5.41) is 7.65. The van der Waals surface area contributed by atoms with Crippen LogP contribution in [0.5, 0.6) is 0 Å². The molecule has 0 aliphatic rings. The number of aliphatic imine (C=N–C) groups is 1. The van der Waals surface area contributed by atoms with Gasteiger partial charge in [-0.2, -0.15) is 0 Å². The number of amides is 1. The van der Waals surface area contributed by atoms with E-state index in [0.717, 1.165) is 41.7 Å². The average molecular weight is 344 g/mol. The number of rotatable bonds is 7. The lowest BCUT2D eigenvalue weighted by Gasteiger charge is -2.13. The summed E-state index contributed by atoms with van der Waals surface area (Å²) in [7, 11) is 3.46. The Morgan fingerprint density at radius 3 is 2.68 bits per heavy atom. The number of hydrogen-bond acceptors (Lipinski definition) is 3. The number of nitrogens with one attached hydrogen (secondary N) is 2. The van der Waals surface area contributed by atoms with Gasteiger partial charge in [-0.25, -0.2) is 4.99 Å². The maximum Gasteiger partial charge on any atom is 0.243 e. The molecule has 1 aromatic heterocycles. The molecule has 6 nitrogen and oxygen atoms in total. The molecule has 0 bridgehead atoms. The van der Waals surface area contributed by atoms with Gasteiger partial charge in [-0.1, -0.05) is 31.5 Å². The SMILES string of the molecule is CCCCNC(=NCC(=O)N(C)C)NCc1oc2ccccc2c1C. The second-order valence-electron chi connectivity index (χ2n) is 6.23. The van der Waals surface area contributed by atoms with Gasteiger partial charge < -0.3 is 20.0 Å². The van der Waals surface area contributed by atoms with E-state index < -0.39 is 0 Å². The standard InChI is InChI=1S/C19H28N4O2/c1-5-6-11-20-19(22-13-18(24)23(3)4)21-12-17-14(2)15-9-7-8-10-16(15)25-17/h7-10H,5-6,11-13H2,1-4H3,(H2,20,21,22). The van der Waals surface area contributed by atoms with Gasteiger partial charge >= 0.3 is 0 Å². The summed E-state index contributed by atoms with van der Waals surface area (Å²) in [6.45, 7) is 5.65. The number of unbranched alkanes of at least 4 members (excludes halogenated alkanes) is 1. The van der Waals surface area contributed by atoms with E-state index in [-0.39, 0.29) is 12.5 Å². The highest BCUT2D eigenvalue weighted by molar-refractivity contribution is 5.85. The quantitative estimate of drug-likeness (QED) is 0.460. The van der Waals surface area contributed by atoms with E-state index in [1.807, 2.05) is 18.2 Å². The molecule has 0 spiro atoms. The topological polar surface area (TPSA) is 69.9 Å². The summed E-state index contributed by atoms with van der Waals surface area (Å²) in [6.07, 6.45) is 2.14. The summed E-state index contributed by atoms with van der Waals surface area (Å²) in [6, 6.07) is 8.00. The van der Waals surface area contributed by atoms with Gasteiger partial charge in [0.2, 0.25) is 5.91 Å². The summed E-state index contributed by atoms with van der Waals surface area (Å²) in [4.78, 5) is 17.7. The molecule has 6 heteroatoms. The fourth-order valence-corrected chi connectivity index (χ4v) is 2.40. The first-order chi connectivity index (χ1) is 12.0. The van der Waals surface area contributed by atoms with Crippen molar-refractivity contribution in [1.82, 2.24) is 15.5 Å². The lowest BCUT2D eigenvalue weighted by molar-refractivity contribution is -0.127. The number of para-hydroxylation sites is 1. The van der Waals surface area contributed by atoms with Gasteiger partial charge in [0, 0.05) is 31.6 Å². The maximum absolute atomic E-state index is 11.8. The molecule has 0 aliphatic carbocycles. The zero-order valence-corrected chi connectivity index (χ0v) is 15.6. The number of furan rings is 1. The van der Waals surface area contributed by atoms with Crippen molar-refractivity contribution in [3.05, 3.63) is 35.6 Å². The third kappa shape index (κ3) is 5.24. The first-order valence-electron chi connectivity index (χ1n) is 8.72. The Balaban J connectivity index is 2.05. The molecule has 1 amide bonds. The van der Waals surface area contributed by atoms with Gasteiger partial charge in [-0.15, -0.1) is 0 Å². The number of fused-ring (bicyclic) bond motifs is 1. The van der Waals surface area contributed by atoms with E-state index in [9.17, 15) is 4.79 Å². The van der Waals surface area contributed by atoms with Crippen LogP contribution in [-0.2, 0) is 11.3 Å². The lowest BCUT2D eigenvalue weighted by Crippen LogP contribution is -2.38. The molecule has 0 saturated heterocycles. The molecule has 2 N–H and O–H groups in total. The van der Waals surface area contributed by atoms with Gasteiger partial charge in [0.1, 0.15) is 17.9 Å². The summed E-state index contributed by atoms with van der Waals surface area (Å²) in [5.41, 5.74) is 2.01. The van der Waals surface area contributed by atoms with E-state index in [1.54, 1.807) is 14.1 Å². The van der Waals surface area contributed by atoms with Crippen molar-refractivity contribution in [2.45, 2.75) is 33.2 Å². The third-order valence-corrected chi connectivity index (χ3v) is 4.05. The van der Waals surface area contributed by atoms with Crippen LogP contribution in [0.1, 0.15) is 31.1 Å². The second-order valence-corrected chi connectivity index (χ2v) is 6.23. The van der Waals surface area contributed by atoms with Crippen LogP contribution in [-0.4, -0.2) is 44.0 Å². The Hall–Kier alpha value is -2.50. The molecule has 0 atom stereocenters. The molecule has 0 radical (unpaired) electrons. The van der Waals surface area contributed by atoms with Crippen LogP contribution < -0.4 is 10.6 Å². The molecule has 1 aromatic carbocycles. The summed E-state index contributed by atoms with van der Waals surface area (Å²) in [5.74, 6) is 1.48. The Morgan fingerprint density at radius 1 is 1.24 bits per heavy atom. The van der Waals surface area contributed by atoms with Crippen LogP contribution in [0.4, 0.5) is 0 Å². The predicted molar refractivity (Wildman–Crippen MR) is 102 cm³/mol. The number of guanidine groups is 1. The molecule has 25 heavy (non-hydrogen) atoms. The number of carbonyl (C=O) groups excluding carboxylic acids is 1. The maximum atomic E-state index is 11.8. The van der Waals surface area contributed by atoms with Crippen molar-refractivity contribution < 1.29 is 9.21 Å². The van der Waals surface area contributed by atoms with Crippen LogP contribution >= 0.6 is 0 Å². The van der Waals surface area contributed by atoms with Crippen molar-refractivity contribution in [2.75, 3.05) is 27.2 Å². The Bertz CT molecular complexity index is 734. The minimum atomic E-state index is -0.0310. The second kappa shape index (κ2) is 9.11. The molecular weight excluding hydrogens is 316 g/mol. The van der Waals surface area contributed by atoms with Gasteiger partial charge in [0.15, 0.2) is 5.96 Å². The molecule has 2 rings (SSSR count). The zero-order chi connectivity index (χ0) is 18.2. The summed E-state index contributed by atoms with van der Waals surface area (Å²) < 4.78 is 5.92. The monoisotopic (exact) mass is 344 g/mol. The normalized spacial score (nSPS) is 11.6. The van der Waals surface area contributed by atoms with Gasteiger partial charge in [-0.3, -0.25) is 4.79 Å². The van der Waals surface area contributed by atoms with Gasteiger partial charge in [0.05, 0.1) is 6.54 Å². The molecule has 136 valence electrons. The first kappa shape index (κ1) is 18.8. The number of benzene rings is 1. The number of hydrogen-bond donors (Lipinski definition) is 2. The largest absolute Gasteiger partial charge is 0.459 e. The highest BCUT2D eigenvalue weighted by Gasteiger charge is 2.11. The molecule has 0 aliphatic heterocycles. The van der Waals surface area contributed by atoms with E-state index in [2.05, 4.69) is 35.5 Å². The number of aryl methyl sites for hydroxylation is 1. The first-order valence-corrected chi connectivity index (χ1v) is 8.72. The molecule has 0 saturated carbocycles. The fourth-order valence-electron chi connectivity index (χ4n) is 2.40. The zero-order valence-electron chi connectivity index (χ0n) is 15.6. The van der Waals surface area contributed by atoms with Gasteiger partial charge in [-0.05, 0) is 19.4 Å². The van der Waals surface area contributed by atoms with E-state index in [0.29, 0.717) is 12.5 Å². The molecule has 0 fully saturated rings. The molecule has 0 unspecified atom stereocenters. The molecular formula is C19H28N4O2. The van der Waals surface area contributed by atoms with E-state index >= 15 is 0 Å². The lowest BCUT2D eigenvalue weighted by atomic mass is 10.1. The van der Waals surface area contributed by atoms with Crippen molar-refractivity contribution in [1.29, 1.82) is 0 Å². The van der Waals surface area contributed by atoms with Gasteiger partial charge in [0.25, 0.3) is 0 Å². The van der Waals surface area contributed by atoms with Crippen molar-refractivity contribution in [3.63, 3.8) is 0 Å². The predicted octanol–water partition coefficient (Wildman–Crippen LogP) is 2.66. The van der Waals surface area contributed by atoms with Crippen LogP contribution in [0.15, 0.2) is 33.7 Å². The minimum Gasteiger partial charge on any atom is -0.459 e. The smallest absolute Gasteiger partial charge is 0.243 e. The van der Waals surface area contributed by atoms with Crippen LogP contribution in [0.25, 0.3) is 11.0 Å². The number of carbonyl (C=O) groups is 1. The Labute approximate surface area is 149 Å². The van der Waals surface area contributed by atoms with Crippen molar-refractivity contribution >= 4 is 22.8 Å². The van der Waals surface area contributed by atoms with Crippen LogP contribution in [0.2, 0.25) is 0 Å². The van der Waals surface area contributed by atoms with Crippen molar-refractivity contribution in [3.8, 4) is 0 Å². The third-order valence-electron chi connectivity index (χ3n) is 4.05. The fraction of sp³-hybridized carbons (Fsp3) is 0.474. The Kier molecular flexibility index (Phi) is 6.86. The number of nitrogens with zero attached hydrogens (tertiary/aromatic N) is 2. The molecule has 1 heterocycles. The van der Waals surface area contributed by atoms with Crippen LogP contribution in [0, 0.1) is 6.92 Å². The van der Waals surface area contributed by atoms with Crippen molar-refractivity contribution in [2.24, 2.45) is 4.99 Å². The summed E-state index contributed by atoms with van der Waals surface area (Å²) >= 11 is 0. The highest BCUT2D eigenvalue weighted by Crippen LogP contribution is 2.24. The Morgan fingerprint density at radius 2 is 2.00 bits per heavy atom. The van der Waals surface area contributed by atoms with E-state index in [1.165, 1.54) is 4.90 Å². The highest BCUT2D eigenvalue weighted by atomic mass is 16.3.